The molecule has 0 aliphatic rings. The van der Waals surface area contributed by atoms with Crippen LogP contribution >= 0.6 is 0 Å². The van der Waals surface area contributed by atoms with Gasteiger partial charge >= 0.3 is 6.03 Å². The Balaban J connectivity index is 3.92. The van der Waals surface area contributed by atoms with E-state index in [1.54, 1.807) is 6.92 Å². The number of carbonyl (C=O) groups is 2. The van der Waals surface area contributed by atoms with E-state index in [4.69, 9.17) is 5.73 Å². The van der Waals surface area contributed by atoms with E-state index in [1.807, 2.05) is 0 Å². The minimum Gasteiger partial charge on any atom is -0.351 e. The topological polar surface area (TPSA) is 72.2 Å². The molecule has 4 nitrogen and oxygen atoms in total. The summed E-state index contributed by atoms with van der Waals surface area (Å²) in [6, 6.07) is -0.666. The molecule has 0 saturated heterocycles. The second kappa shape index (κ2) is 3.66. The highest BCUT2D eigenvalue weighted by Gasteiger charge is 1.94. The maximum atomic E-state index is 10.5. The Kier molecular flexibility index (Phi) is 3.17. The molecule has 4 heteroatoms. The van der Waals surface area contributed by atoms with Crippen molar-refractivity contribution in [1.29, 1.82) is 0 Å². The highest BCUT2D eigenvalue weighted by Crippen LogP contribution is 1.89. The highest BCUT2D eigenvalue weighted by atomic mass is 16.2. The largest absolute Gasteiger partial charge is 0.351 e. The van der Waals surface area contributed by atoms with Crippen LogP contribution in [0.15, 0.2) is 11.8 Å². The molecule has 2 amide bonds. The van der Waals surface area contributed by atoms with Gasteiger partial charge in [0, 0.05) is 11.8 Å². The zero-order chi connectivity index (χ0) is 8.15. The summed E-state index contributed by atoms with van der Waals surface area (Å²) in [4.78, 5) is 20.6. The second-order valence-corrected chi connectivity index (χ2v) is 1.89. The summed E-state index contributed by atoms with van der Waals surface area (Å²) in [7, 11) is 0. The van der Waals surface area contributed by atoms with E-state index in [1.165, 1.54) is 13.1 Å². The van der Waals surface area contributed by atoms with Crippen LogP contribution in [-0.2, 0) is 4.79 Å². The SMILES string of the molecule is CC(=O)/C(C)=C\NC(N)=O. The fourth-order valence-corrected chi connectivity index (χ4v) is 0.281. The Morgan fingerprint density at radius 1 is 1.40 bits per heavy atom. The molecule has 0 aromatic rings. The van der Waals surface area contributed by atoms with Crippen LogP contribution in [0.1, 0.15) is 13.8 Å². The van der Waals surface area contributed by atoms with Crippen molar-refractivity contribution in [2.24, 2.45) is 5.73 Å². The van der Waals surface area contributed by atoms with Crippen molar-refractivity contribution in [2.45, 2.75) is 13.8 Å². The number of Topliss-reactive ketones (excluding diaryl/α,β-unsaturated/α-hetero) is 1. The normalized spacial score (nSPS) is 10.8. The zero-order valence-electron chi connectivity index (χ0n) is 5.97. The fraction of sp³-hybridized carbons (Fsp3) is 0.333. The molecule has 3 N–H and O–H groups in total. The minimum atomic E-state index is -0.666. The van der Waals surface area contributed by atoms with Crippen LogP contribution in [0, 0.1) is 0 Å². The number of nitrogens with one attached hydrogen (secondary N) is 1. The molecular weight excluding hydrogens is 132 g/mol. The molecule has 0 heterocycles. The number of rotatable bonds is 2. The third-order valence-corrected chi connectivity index (χ3v) is 0.986. The van der Waals surface area contributed by atoms with Crippen LogP contribution in [-0.4, -0.2) is 11.8 Å². The lowest BCUT2D eigenvalue weighted by Crippen LogP contribution is -2.24. The van der Waals surface area contributed by atoms with Crippen LogP contribution in [0.5, 0.6) is 0 Å². The lowest BCUT2D eigenvalue weighted by molar-refractivity contribution is -0.113. The molecule has 0 fully saturated rings. The number of carbonyl (C=O) groups excluding carboxylic acids is 2. The molecule has 0 unspecified atom stereocenters. The monoisotopic (exact) mass is 142 g/mol. The van der Waals surface area contributed by atoms with Crippen molar-refractivity contribution in [1.82, 2.24) is 5.32 Å². The van der Waals surface area contributed by atoms with Crippen molar-refractivity contribution >= 4 is 11.8 Å². The number of urea groups is 1. The van der Waals surface area contributed by atoms with Crippen LogP contribution in [0.4, 0.5) is 4.79 Å². The van der Waals surface area contributed by atoms with E-state index in [0.29, 0.717) is 5.57 Å². The van der Waals surface area contributed by atoms with E-state index in [0.717, 1.165) is 0 Å². The first-order valence-electron chi connectivity index (χ1n) is 2.77. The molecule has 10 heavy (non-hydrogen) atoms. The number of hydrogen-bond acceptors (Lipinski definition) is 2. The van der Waals surface area contributed by atoms with Gasteiger partial charge in [0.15, 0.2) is 5.78 Å². The first-order chi connectivity index (χ1) is 4.54. The van der Waals surface area contributed by atoms with Crippen LogP contribution in [0.25, 0.3) is 0 Å². The molecule has 0 bridgehead atoms. The van der Waals surface area contributed by atoms with Gasteiger partial charge in [0.2, 0.25) is 0 Å². The second-order valence-electron chi connectivity index (χ2n) is 1.89. The standard InChI is InChI=1S/C6H10N2O2/c1-4(5(2)9)3-8-6(7)10/h3H,1-2H3,(H3,7,8,10)/b4-3-. The minimum absolute atomic E-state index is 0.0891. The summed E-state index contributed by atoms with van der Waals surface area (Å²) >= 11 is 0. The molecule has 0 rings (SSSR count). The summed E-state index contributed by atoms with van der Waals surface area (Å²) in [6.07, 6.45) is 1.28. The maximum absolute atomic E-state index is 10.5. The summed E-state index contributed by atoms with van der Waals surface area (Å²) < 4.78 is 0. The van der Waals surface area contributed by atoms with Crippen molar-refractivity contribution in [3.8, 4) is 0 Å². The average Bonchev–Trinajstić information content (AvgIpc) is 1.82. The molecule has 0 aromatic carbocycles. The fourth-order valence-electron chi connectivity index (χ4n) is 0.281. The van der Waals surface area contributed by atoms with Gasteiger partial charge in [0.1, 0.15) is 0 Å². The molecule has 56 valence electrons. The summed E-state index contributed by atoms with van der Waals surface area (Å²) in [5.41, 5.74) is 5.21. The third kappa shape index (κ3) is 3.65. The lowest BCUT2D eigenvalue weighted by Gasteiger charge is -1.93. The van der Waals surface area contributed by atoms with Gasteiger partial charge in [-0.1, -0.05) is 0 Å². The number of allylic oxidation sites excluding steroid dienone is 1. The van der Waals surface area contributed by atoms with Crippen LogP contribution in [0.2, 0.25) is 0 Å². The van der Waals surface area contributed by atoms with E-state index >= 15 is 0 Å². The van der Waals surface area contributed by atoms with Gasteiger partial charge in [0.05, 0.1) is 0 Å². The molecule has 0 aliphatic heterocycles. The van der Waals surface area contributed by atoms with Crippen LogP contribution in [0.3, 0.4) is 0 Å². The van der Waals surface area contributed by atoms with Crippen molar-refractivity contribution < 1.29 is 9.59 Å². The first-order valence-corrected chi connectivity index (χ1v) is 2.77. The number of ketones is 1. The van der Waals surface area contributed by atoms with E-state index in [9.17, 15) is 9.59 Å². The van der Waals surface area contributed by atoms with Gasteiger partial charge in [-0.15, -0.1) is 0 Å². The van der Waals surface area contributed by atoms with Gasteiger partial charge in [-0.2, -0.15) is 0 Å². The molecule has 0 atom stereocenters. The summed E-state index contributed by atoms with van der Waals surface area (Å²) in [5, 5.41) is 2.18. The quantitative estimate of drug-likeness (QED) is 0.538. The van der Waals surface area contributed by atoms with E-state index in [2.05, 4.69) is 5.32 Å². The van der Waals surface area contributed by atoms with Gasteiger partial charge in [0.25, 0.3) is 0 Å². The van der Waals surface area contributed by atoms with Gasteiger partial charge in [-0.25, -0.2) is 4.79 Å². The first kappa shape index (κ1) is 8.68. The Labute approximate surface area is 59.1 Å². The van der Waals surface area contributed by atoms with Crippen molar-refractivity contribution in [3.05, 3.63) is 11.8 Å². The van der Waals surface area contributed by atoms with Gasteiger partial charge in [-0.05, 0) is 13.8 Å². The Morgan fingerprint density at radius 3 is 2.20 bits per heavy atom. The predicted molar refractivity (Wildman–Crippen MR) is 37.2 cm³/mol. The molecular formula is C6H10N2O2. The van der Waals surface area contributed by atoms with Gasteiger partial charge < -0.3 is 11.1 Å². The van der Waals surface area contributed by atoms with Gasteiger partial charge in [-0.3, -0.25) is 4.79 Å². The highest BCUT2D eigenvalue weighted by molar-refractivity contribution is 5.93. The van der Waals surface area contributed by atoms with E-state index < -0.39 is 6.03 Å². The molecule has 0 spiro atoms. The lowest BCUT2D eigenvalue weighted by atomic mass is 10.2. The Bertz CT molecular complexity index is 184. The predicted octanol–water partition coefficient (Wildman–Crippen LogP) is 0.148. The summed E-state index contributed by atoms with van der Waals surface area (Å²) in [5.74, 6) is -0.0891. The van der Waals surface area contributed by atoms with Crippen molar-refractivity contribution in [2.75, 3.05) is 0 Å². The molecule has 0 aromatic heterocycles. The third-order valence-electron chi connectivity index (χ3n) is 0.986. The van der Waals surface area contributed by atoms with Crippen LogP contribution < -0.4 is 11.1 Å². The average molecular weight is 142 g/mol. The number of primary amides is 1. The number of hydrogen-bond donors (Lipinski definition) is 2. The Hall–Kier alpha value is -1.32. The number of amides is 2. The number of nitrogens with two attached hydrogens (primary N) is 1. The maximum Gasteiger partial charge on any atom is 0.316 e. The zero-order valence-corrected chi connectivity index (χ0v) is 5.97. The van der Waals surface area contributed by atoms with E-state index in [-0.39, 0.29) is 5.78 Å². The molecule has 0 saturated carbocycles. The smallest absolute Gasteiger partial charge is 0.316 e. The summed E-state index contributed by atoms with van der Waals surface area (Å²) in [6.45, 7) is 3.01. The molecule has 0 radical (unpaired) electrons. The molecule has 0 aliphatic carbocycles. The Morgan fingerprint density at radius 2 is 1.90 bits per heavy atom. The van der Waals surface area contributed by atoms with Crippen molar-refractivity contribution in [3.63, 3.8) is 0 Å².